The van der Waals surface area contributed by atoms with Crippen LogP contribution in [-0.4, -0.2) is 25.7 Å². The number of hydrogen-bond acceptors (Lipinski definition) is 4. The number of carbonyl (C=O) groups excluding carboxylic acids is 1. The van der Waals surface area contributed by atoms with E-state index in [1.165, 1.54) is 0 Å². The smallest absolute Gasteiger partial charge is 0.245 e. The maximum atomic E-state index is 11.5. The third kappa shape index (κ3) is 2.48. The Morgan fingerprint density at radius 1 is 1.53 bits per heavy atom. The molecule has 1 saturated heterocycles. The molecular weight excluding hydrogens is 312 g/mol. The Kier molecular flexibility index (Phi) is 3.47. The van der Waals surface area contributed by atoms with E-state index in [0.29, 0.717) is 12.5 Å². The SMILES string of the molecule is NC1C(=O)Nc2cc(OCC3CCOC3)c(Br)cc21. The zero-order valence-corrected chi connectivity index (χ0v) is 11.9. The van der Waals surface area contributed by atoms with Gasteiger partial charge in [0.2, 0.25) is 5.91 Å². The molecule has 1 amide bonds. The molecule has 0 aliphatic carbocycles. The number of halogens is 1. The van der Waals surface area contributed by atoms with E-state index in [2.05, 4.69) is 21.2 Å². The number of carbonyl (C=O) groups is 1. The third-order valence-corrected chi connectivity index (χ3v) is 4.10. The zero-order valence-electron chi connectivity index (χ0n) is 10.3. The molecule has 2 atom stereocenters. The number of ether oxygens (including phenoxy) is 2. The highest BCUT2D eigenvalue weighted by Gasteiger charge is 2.28. The molecule has 102 valence electrons. The minimum atomic E-state index is -0.594. The van der Waals surface area contributed by atoms with Gasteiger partial charge < -0.3 is 20.5 Å². The van der Waals surface area contributed by atoms with E-state index in [1.807, 2.05) is 12.1 Å². The molecule has 2 aliphatic rings. The second-order valence-electron chi connectivity index (χ2n) is 4.88. The van der Waals surface area contributed by atoms with Crippen LogP contribution in [0, 0.1) is 5.92 Å². The summed E-state index contributed by atoms with van der Waals surface area (Å²) < 4.78 is 11.9. The highest BCUT2D eigenvalue weighted by Crippen LogP contribution is 2.38. The molecule has 2 aliphatic heterocycles. The maximum absolute atomic E-state index is 11.5. The van der Waals surface area contributed by atoms with Gasteiger partial charge in [0.15, 0.2) is 0 Å². The Hall–Kier alpha value is -1.11. The molecule has 0 radical (unpaired) electrons. The number of nitrogens with one attached hydrogen (secondary N) is 1. The van der Waals surface area contributed by atoms with Gasteiger partial charge in [-0.2, -0.15) is 0 Å². The monoisotopic (exact) mass is 326 g/mol. The molecule has 2 heterocycles. The van der Waals surface area contributed by atoms with Crippen molar-refractivity contribution in [3.8, 4) is 5.75 Å². The van der Waals surface area contributed by atoms with Crippen molar-refractivity contribution < 1.29 is 14.3 Å². The van der Waals surface area contributed by atoms with Crippen LogP contribution in [0.15, 0.2) is 16.6 Å². The van der Waals surface area contributed by atoms with E-state index >= 15 is 0 Å². The molecule has 3 N–H and O–H groups in total. The van der Waals surface area contributed by atoms with Gasteiger partial charge in [-0.25, -0.2) is 0 Å². The first kappa shape index (κ1) is 12.9. The van der Waals surface area contributed by atoms with Crippen molar-refractivity contribution in [3.05, 3.63) is 22.2 Å². The number of amides is 1. The highest BCUT2D eigenvalue weighted by atomic mass is 79.9. The lowest BCUT2D eigenvalue weighted by atomic mass is 10.1. The van der Waals surface area contributed by atoms with Gasteiger partial charge in [-0.15, -0.1) is 0 Å². The number of fused-ring (bicyclic) bond motifs is 1. The van der Waals surface area contributed by atoms with Gasteiger partial charge >= 0.3 is 0 Å². The molecule has 1 fully saturated rings. The summed E-state index contributed by atoms with van der Waals surface area (Å²) >= 11 is 3.46. The third-order valence-electron chi connectivity index (χ3n) is 3.48. The average molecular weight is 327 g/mol. The summed E-state index contributed by atoms with van der Waals surface area (Å²) in [5, 5.41) is 2.75. The van der Waals surface area contributed by atoms with Crippen molar-refractivity contribution in [2.45, 2.75) is 12.5 Å². The summed E-state index contributed by atoms with van der Waals surface area (Å²) in [5.74, 6) is 0.986. The predicted octanol–water partition coefficient (Wildman–Crippen LogP) is 1.82. The lowest BCUT2D eigenvalue weighted by molar-refractivity contribution is -0.116. The molecule has 1 aromatic carbocycles. The summed E-state index contributed by atoms with van der Waals surface area (Å²) in [6.07, 6.45) is 1.03. The first-order valence-electron chi connectivity index (χ1n) is 6.25. The van der Waals surface area contributed by atoms with Gasteiger partial charge in [0.1, 0.15) is 11.8 Å². The molecule has 0 bridgehead atoms. The topological polar surface area (TPSA) is 73.6 Å². The normalized spacial score (nSPS) is 25.3. The Balaban J connectivity index is 1.76. The second kappa shape index (κ2) is 5.11. The van der Waals surface area contributed by atoms with Crippen molar-refractivity contribution in [1.82, 2.24) is 0 Å². The standard InChI is InChI=1S/C13H15BrN2O3/c14-9-3-8-10(16-13(17)12(8)15)4-11(9)19-6-7-1-2-18-5-7/h3-4,7,12H,1-2,5-6,15H2,(H,16,17). The average Bonchev–Trinajstić information content (AvgIpc) is 2.98. The number of hydrogen-bond donors (Lipinski definition) is 2. The maximum Gasteiger partial charge on any atom is 0.245 e. The fourth-order valence-corrected chi connectivity index (χ4v) is 2.79. The van der Waals surface area contributed by atoms with E-state index in [4.69, 9.17) is 15.2 Å². The second-order valence-corrected chi connectivity index (χ2v) is 5.73. The minimum Gasteiger partial charge on any atom is -0.492 e. The van der Waals surface area contributed by atoms with Crippen LogP contribution in [0.25, 0.3) is 0 Å². The van der Waals surface area contributed by atoms with Crippen molar-refractivity contribution in [1.29, 1.82) is 0 Å². The van der Waals surface area contributed by atoms with Crippen LogP contribution in [0.5, 0.6) is 5.75 Å². The molecule has 19 heavy (non-hydrogen) atoms. The van der Waals surface area contributed by atoms with Crippen LogP contribution in [0.1, 0.15) is 18.0 Å². The van der Waals surface area contributed by atoms with Crippen molar-refractivity contribution >= 4 is 27.5 Å². The Labute approximate surface area is 119 Å². The molecule has 0 aromatic heterocycles. The quantitative estimate of drug-likeness (QED) is 0.888. The molecule has 0 spiro atoms. The van der Waals surface area contributed by atoms with E-state index in [9.17, 15) is 4.79 Å². The van der Waals surface area contributed by atoms with Crippen molar-refractivity contribution in [2.75, 3.05) is 25.1 Å². The number of rotatable bonds is 3. The van der Waals surface area contributed by atoms with Crippen LogP contribution in [-0.2, 0) is 9.53 Å². The van der Waals surface area contributed by atoms with E-state index in [0.717, 1.165) is 41.1 Å². The zero-order chi connectivity index (χ0) is 13.4. The van der Waals surface area contributed by atoms with E-state index in [-0.39, 0.29) is 5.91 Å². The fraction of sp³-hybridized carbons (Fsp3) is 0.462. The minimum absolute atomic E-state index is 0.178. The Bertz CT molecular complexity index is 515. The van der Waals surface area contributed by atoms with Gasteiger partial charge in [0.05, 0.1) is 17.7 Å². The summed E-state index contributed by atoms with van der Waals surface area (Å²) in [5.41, 5.74) is 7.33. The molecule has 1 aromatic rings. The van der Waals surface area contributed by atoms with Crippen LogP contribution >= 0.6 is 15.9 Å². The van der Waals surface area contributed by atoms with E-state index < -0.39 is 6.04 Å². The first-order valence-corrected chi connectivity index (χ1v) is 7.05. The summed E-state index contributed by atoms with van der Waals surface area (Å²) in [4.78, 5) is 11.5. The lowest BCUT2D eigenvalue weighted by Crippen LogP contribution is -2.19. The summed E-state index contributed by atoms with van der Waals surface area (Å²) in [6.45, 7) is 2.19. The van der Waals surface area contributed by atoms with Gasteiger partial charge in [-0.05, 0) is 28.4 Å². The number of nitrogens with two attached hydrogens (primary N) is 1. The predicted molar refractivity (Wildman–Crippen MR) is 74.1 cm³/mol. The molecule has 3 rings (SSSR count). The number of benzene rings is 1. The van der Waals surface area contributed by atoms with Crippen LogP contribution in [0.2, 0.25) is 0 Å². The van der Waals surface area contributed by atoms with Crippen LogP contribution in [0.3, 0.4) is 0 Å². The van der Waals surface area contributed by atoms with E-state index in [1.54, 1.807) is 0 Å². The van der Waals surface area contributed by atoms with Crippen LogP contribution in [0.4, 0.5) is 5.69 Å². The lowest BCUT2D eigenvalue weighted by Gasteiger charge is -2.13. The first-order chi connectivity index (χ1) is 9.15. The van der Waals surface area contributed by atoms with Crippen molar-refractivity contribution in [3.63, 3.8) is 0 Å². The Morgan fingerprint density at radius 3 is 3.11 bits per heavy atom. The molecule has 0 saturated carbocycles. The highest BCUT2D eigenvalue weighted by molar-refractivity contribution is 9.10. The molecule has 5 nitrogen and oxygen atoms in total. The van der Waals surface area contributed by atoms with Crippen LogP contribution < -0.4 is 15.8 Å². The Morgan fingerprint density at radius 2 is 2.37 bits per heavy atom. The molecule has 6 heteroatoms. The van der Waals surface area contributed by atoms with Gasteiger partial charge in [0, 0.05) is 29.8 Å². The number of anilines is 1. The van der Waals surface area contributed by atoms with Crippen molar-refractivity contribution in [2.24, 2.45) is 11.7 Å². The summed E-state index contributed by atoms with van der Waals surface area (Å²) in [7, 11) is 0. The fourth-order valence-electron chi connectivity index (χ4n) is 2.32. The van der Waals surface area contributed by atoms with Gasteiger partial charge in [-0.3, -0.25) is 4.79 Å². The molecular formula is C13H15BrN2O3. The van der Waals surface area contributed by atoms with Gasteiger partial charge in [0.25, 0.3) is 0 Å². The largest absolute Gasteiger partial charge is 0.492 e. The molecule has 2 unspecified atom stereocenters. The summed E-state index contributed by atoms with van der Waals surface area (Å²) in [6, 6.07) is 3.07. The van der Waals surface area contributed by atoms with Gasteiger partial charge in [-0.1, -0.05) is 0 Å².